The molecular formula is C8H6Cl2O2. The van der Waals surface area contributed by atoms with Crippen LogP contribution in [0.5, 0.6) is 5.75 Å². The summed E-state index contributed by atoms with van der Waals surface area (Å²) in [6, 6.07) is 3.36. The van der Waals surface area contributed by atoms with Crippen molar-refractivity contribution in [2.75, 3.05) is 0 Å². The molecule has 0 aliphatic carbocycles. The molecule has 1 heterocycles. The average Bonchev–Trinajstić information content (AvgIpc) is 2.39. The Morgan fingerprint density at radius 1 is 1.42 bits per heavy atom. The zero-order valence-corrected chi connectivity index (χ0v) is 7.56. The highest BCUT2D eigenvalue weighted by atomic mass is 35.5. The van der Waals surface area contributed by atoms with Gasteiger partial charge >= 0.3 is 0 Å². The summed E-state index contributed by atoms with van der Waals surface area (Å²) >= 11 is 11.7. The van der Waals surface area contributed by atoms with Crippen LogP contribution < -0.4 is 4.74 Å². The normalized spacial score (nSPS) is 20.4. The van der Waals surface area contributed by atoms with Crippen molar-refractivity contribution in [1.82, 2.24) is 0 Å². The Morgan fingerprint density at radius 3 is 2.92 bits per heavy atom. The van der Waals surface area contributed by atoms with Crippen molar-refractivity contribution in [3.8, 4) is 5.75 Å². The van der Waals surface area contributed by atoms with E-state index < -0.39 is 6.29 Å². The number of hydrogen-bond acceptors (Lipinski definition) is 2. The Labute approximate surface area is 79.7 Å². The van der Waals surface area contributed by atoms with E-state index in [2.05, 4.69) is 0 Å². The highest BCUT2D eigenvalue weighted by Gasteiger charge is 2.23. The van der Waals surface area contributed by atoms with Gasteiger partial charge in [-0.25, -0.2) is 0 Å². The quantitative estimate of drug-likeness (QED) is 0.703. The van der Waals surface area contributed by atoms with E-state index in [4.69, 9.17) is 33.0 Å². The molecule has 0 fully saturated rings. The Bertz CT molecular complexity index is 325. The Morgan fingerprint density at radius 2 is 2.17 bits per heavy atom. The van der Waals surface area contributed by atoms with E-state index in [0.717, 1.165) is 5.56 Å². The molecule has 0 bridgehead atoms. The van der Waals surface area contributed by atoms with Gasteiger partial charge in [0, 0.05) is 12.0 Å². The molecule has 0 radical (unpaired) electrons. The van der Waals surface area contributed by atoms with Crippen molar-refractivity contribution in [2.24, 2.45) is 0 Å². The molecule has 2 rings (SSSR count). The van der Waals surface area contributed by atoms with Gasteiger partial charge in [-0.1, -0.05) is 23.2 Å². The second kappa shape index (κ2) is 2.80. The summed E-state index contributed by atoms with van der Waals surface area (Å²) < 4.78 is 5.06. The predicted octanol–water partition coefficient (Wildman–Crippen LogP) is 2.25. The summed E-state index contributed by atoms with van der Waals surface area (Å²) in [6.45, 7) is 0. The number of rotatable bonds is 0. The summed E-state index contributed by atoms with van der Waals surface area (Å²) in [6.07, 6.45) is -0.370. The minimum atomic E-state index is -0.782. The lowest BCUT2D eigenvalue weighted by atomic mass is 10.2. The van der Waals surface area contributed by atoms with Gasteiger partial charge in [0.25, 0.3) is 0 Å². The summed E-state index contributed by atoms with van der Waals surface area (Å²) in [5.74, 6) is 0.622. The van der Waals surface area contributed by atoms with Crippen LogP contribution in [0.1, 0.15) is 5.56 Å². The zero-order chi connectivity index (χ0) is 8.72. The van der Waals surface area contributed by atoms with Crippen LogP contribution >= 0.6 is 23.2 Å². The lowest BCUT2D eigenvalue weighted by molar-refractivity contribution is 0.00215. The van der Waals surface area contributed by atoms with Crippen molar-refractivity contribution >= 4 is 23.2 Å². The number of benzene rings is 1. The Kier molecular flexibility index (Phi) is 1.91. The molecule has 2 nitrogen and oxygen atoms in total. The zero-order valence-electron chi connectivity index (χ0n) is 6.05. The fourth-order valence-corrected chi connectivity index (χ4v) is 1.65. The first-order valence-corrected chi connectivity index (χ1v) is 4.25. The molecule has 0 amide bonds. The van der Waals surface area contributed by atoms with Gasteiger partial charge < -0.3 is 9.84 Å². The van der Waals surface area contributed by atoms with Crippen LogP contribution in [0.3, 0.4) is 0 Å². The highest BCUT2D eigenvalue weighted by Crippen LogP contribution is 2.37. The first-order valence-electron chi connectivity index (χ1n) is 3.50. The topological polar surface area (TPSA) is 29.5 Å². The SMILES string of the molecule is OC1Cc2c(ccc(Cl)c2Cl)O1. The van der Waals surface area contributed by atoms with Gasteiger partial charge in [-0.05, 0) is 12.1 Å². The van der Waals surface area contributed by atoms with Gasteiger partial charge in [-0.3, -0.25) is 0 Å². The monoisotopic (exact) mass is 204 g/mol. The van der Waals surface area contributed by atoms with Crippen molar-refractivity contribution < 1.29 is 9.84 Å². The summed E-state index contributed by atoms with van der Waals surface area (Å²) in [7, 11) is 0. The molecule has 1 aromatic rings. The van der Waals surface area contributed by atoms with E-state index in [1.165, 1.54) is 0 Å². The van der Waals surface area contributed by atoms with Crippen LogP contribution in [0.25, 0.3) is 0 Å². The van der Waals surface area contributed by atoms with Crippen LogP contribution in [0.15, 0.2) is 12.1 Å². The van der Waals surface area contributed by atoms with E-state index >= 15 is 0 Å². The van der Waals surface area contributed by atoms with Gasteiger partial charge in [0.05, 0.1) is 10.0 Å². The van der Waals surface area contributed by atoms with E-state index in [0.29, 0.717) is 22.2 Å². The molecule has 1 aliphatic heterocycles. The predicted molar refractivity (Wildman–Crippen MR) is 46.8 cm³/mol. The molecular weight excluding hydrogens is 199 g/mol. The average molecular weight is 205 g/mol. The number of aliphatic hydroxyl groups is 1. The number of halogens is 2. The van der Waals surface area contributed by atoms with Crippen LogP contribution in [0.2, 0.25) is 10.0 Å². The third-order valence-corrected chi connectivity index (χ3v) is 2.64. The first kappa shape index (κ1) is 8.17. The van der Waals surface area contributed by atoms with Crippen molar-refractivity contribution in [2.45, 2.75) is 12.7 Å². The molecule has 1 aromatic carbocycles. The molecule has 64 valence electrons. The van der Waals surface area contributed by atoms with Crippen molar-refractivity contribution in [3.05, 3.63) is 27.7 Å². The number of aliphatic hydroxyl groups excluding tert-OH is 1. The fraction of sp³-hybridized carbons (Fsp3) is 0.250. The number of hydrogen-bond donors (Lipinski definition) is 1. The van der Waals surface area contributed by atoms with Crippen LogP contribution in [-0.2, 0) is 6.42 Å². The smallest absolute Gasteiger partial charge is 0.201 e. The largest absolute Gasteiger partial charge is 0.464 e. The fourth-order valence-electron chi connectivity index (χ4n) is 1.24. The van der Waals surface area contributed by atoms with E-state index in [-0.39, 0.29) is 0 Å². The summed E-state index contributed by atoms with van der Waals surface area (Å²) in [5.41, 5.74) is 0.789. The van der Waals surface area contributed by atoms with Crippen LogP contribution in [0.4, 0.5) is 0 Å². The molecule has 1 atom stereocenters. The van der Waals surface area contributed by atoms with Gasteiger partial charge in [0.1, 0.15) is 5.75 Å². The second-order valence-corrected chi connectivity index (χ2v) is 3.40. The standard InChI is InChI=1S/C8H6Cl2O2/c9-5-1-2-6-4(8(5)10)3-7(11)12-6/h1-2,7,11H,3H2. The Balaban J connectivity index is 2.54. The third kappa shape index (κ3) is 1.16. The molecule has 1 unspecified atom stereocenters. The summed E-state index contributed by atoms with van der Waals surface area (Å²) in [5, 5.41) is 10.1. The van der Waals surface area contributed by atoms with E-state index in [9.17, 15) is 0 Å². The molecule has 1 N–H and O–H groups in total. The van der Waals surface area contributed by atoms with Gasteiger partial charge in [0.15, 0.2) is 0 Å². The van der Waals surface area contributed by atoms with Gasteiger partial charge in [-0.15, -0.1) is 0 Å². The maximum Gasteiger partial charge on any atom is 0.201 e. The lowest BCUT2D eigenvalue weighted by Gasteiger charge is -2.01. The molecule has 0 spiro atoms. The van der Waals surface area contributed by atoms with E-state index in [1.807, 2.05) is 0 Å². The third-order valence-electron chi connectivity index (χ3n) is 1.79. The molecule has 0 saturated carbocycles. The minimum absolute atomic E-state index is 0.411. The minimum Gasteiger partial charge on any atom is -0.464 e. The Hall–Kier alpha value is -0.440. The maximum absolute atomic E-state index is 9.14. The molecule has 0 saturated heterocycles. The second-order valence-electron chi connectivity index (χ2n) is 2.61. The van der Waals surface area contributed by atoms with E-state index in [1.54, 1.807) is 12.1 Å². The highest BCUT2D eigenvalue weighted by molar-refractivity contribution is 6.42. The molecule has 4 heteroatoms. The van der Waals surface area contributed by atoms with Crippen LogP contribution in [-0.4, -0.2) is 11.4 Å². The lowest BCUT2D eigenvalue weighted by Crippen LogP contribution is -2.09. The van der Waals surface area contributed by atoms with Crippen LogP contribution in [0, 0.1) is 0 Å². The van der Waals surface area contributed by atoms with Gasteiger partial charge in [-0.2, -0.15) is 0 Å². The van der Waals surface area contributed by atoms with Crippen molar-refractivity contribution in [3.63, 3.8) is 0 Å². The van der Waals surface area contributed by atoms with Gasteiger partial charge in [0.2, 0.25) is 6.29 Å². The number of fused-ring (bicyclic) bond motifs is 1. The summed E-state index contributed by atoms with van der Waals surface area (Å²) in [4.78, 5) is 0. The van der Waals surface area contributed by atoms with Crippen molar-refractivity contribution in [1.29, 1.82) is 0 Å². The number of ether oxygens (including phenoxy) is 1. The first-order chi connectivity index (χ1) is 5.68. The molecule has 0 aromatic heterocycles. The molecule has 1 aliphatic rings. The maximum atomic E-state index is 9.14. The molecule has 12 heavy (non-hydrogen) atoms.